The Labute approximate surface area is 133 Å². The van der Waals surface area contributed by atoms with Crippen molar-refractivity contribution in [1.82, 2.24) is 0 Å². The normalized spacial score (nSPS) is 22.1. The van der Waals surface area contributed by atoms with E-state index in [0.717, 1.165) is 15.6 Å². The lowest BCUT2D eigenvalue weighted by atomic mass is 10.2. The Kier molecular flexibility index (Phi) is 5.04. The van der Waals surface area contributed by atoms with Crippen molar-refractivity contribution in [2.24, 2.45) is 0 Å². The summed E-state index contributed by atoms with van der Waals surface area (Å²) in [6.07, 6.45) is -0.346. The van der Waals surface area contributed by atoms with Crippen molar-refractivity contribution in [2.75, 3.05) is 13.2 Å². The minimum atomic E-state index is -0.322. The highest BCUT2D eigenvalue weighted by molar-refractivity contribution is 9.10. The Morgan fingerprint density at radius 1 is 0.952 bits per heavy atom. The van der Waals surface area contributed by atoms with E-state index in [2.05, 4.69) is 28.1 Å². The number of benzene rings is 2. The average molecular weight is 349 g/mol. The molecule has 1 saturated heterocycles. The molecule has 110 valence electrons. The van der Waals surface area contributed by atoms with Crippen LogP contribution in [0.15, 0.2) is 59.1 Å². The fourth-order valence-electron chi connectivity index (χ4n) is 2.22. The maximum Gasteiger partial charge on any atom is 0.185 e. The molecule has 0 amide bonds. The highest BCUT2D eigenvalue weighted by Crippen LogP contribution is 2.29. The number of rotatable bonds is 4. The molecule has 0 atom stereocenters. The topological polar surface area (TPSA) is 27.7 Å². The van der Waals surface area contributed by atoms with Crippen LogP contribution in [-0.2, 0) is 20.8 Å². The Morgan fingerprint density at radius 2 is 1.62 bits per heavy atom. The van der Waals surface area contributed by atoms with Gasteiger partial charge in [-0.05, 0) is 11.6 Å². The molecular weight excluding hydrogens is 332 g/mol. The lowest BCUT2D eigenvalue weighted by Gasteiger charge is -2.30. The summed E-state index contributed by atoms with van der Waals surface area (Å²) in [5.41, 5.74) is 2.17. The predicted octanol–water partition coefficient (Wildman–Crippen LogP) is 4.08. The van der Waals surface area contributed by atoms with Crippen LogP contribution >= 0.6 is 15.9 Å². The minimum Gasteiger partial charge on any atom is -0.369 e. The van der Waals surface area contributed by atoms with E-state index in [0.29, 0.717) is 19.8 Å². The Balaban J connectivity index is 1.50. The van der Waals surface area contributed by atoms with E-state index in [9.17, 15) is 0 Å². The third-order valence-electron chi connectivity index (χ3n) is 3.35. The summed E-state index contributed by atoms with van der Waals surface area (Å²) in [4.78, 5) is 0. The zero-order valence-corrected chi connectivity index (χ0v) is 13.2. The second kappa shape index (κ2) is 7.18. The molecule has 0 radical (unpaired) electrons. The third-order valence-corrected chi connectivity index (χ3v) is 4.08. The van der Waals surface area contributed by atoms with E-state index in [1.54, 1.807) is 0 Å². The van der Waals surface area contributed by atoms with Crippen molar-refractivity contribution in [3.63, 3.8) is 0 Å². The van der Waals surface area contributed by atoms with Crippen molar-refractivity contribution in [3.05, 3.63) is 70.2 Å². The fraction of sp³-hybridized carbons (Fsp3) is 0.294. The zero-order valence-electron chi connectivity index (χ0n) is 11.6. The Bertz CT molecular complexity index is 565. The summed E-state index contributed by atoms with van der Waals surface area (Å²) in [7, 11) is 0. The molecule has 1 aliphatic rings. The van der Waals surface area contributed by atoms with Crippen LogP contribution < -0.4 is 0 Å². The van der Waals surface area contributed by atoms with Crippen molar-refractivity contribution in [3.8, 4) is 0 Å². The second-order valence-corrected chi connectivity index (χ2v) is 5.79. The van der Waals surface area contributed by atoms with Crippen LogP contribution in [0, 0.1) is 0 Å². The van der Waals surface area contributed by atoms with Gasteiger partial charge in [0.2, 0.25) is 0 Å². The van der Waals surface area contributed by atoms with Gasteiger partial charge in [-0.15, -0.1) is 0 Å². The molecule has 0 aromatic heterocycles. The molecule has 4 heteroatoms. The van der Waals surface area contributed by atoms with Gasteiger partial charge in [0.15, 0.2) is 6.29 Å². The molecule has 0 N–H and O–H groups in total. The van der Waals surface area contributed by atoms with Gasteiger partial charge in [0.1, 0.15) is 6.10 Å². The molecule has 3 nitrogen and oxygen atoms in total. The molecule has 0 saturated carbocycles. The third kappa shape index (κ3) is 3.92. The summed E-state index contributed by atoms with van der Waals surface area (Å²) in [5.74, 6) is 0. The first-order chi connectivity index (χ1) is 10.3. The molecule has 1 fully saturated rings. The summed E-state index contributed by atoms with van der Waals surface area (Å²) >= 11 is 3.52. The predicted molar refractivity (Wildman–Crippen MR) is 83.8 cm³/mol. The Hall–Kier alpha value is -1.20. The molecule has 0 spiro atoms. The summed E-state index contributed by atoms with van der Waals surface area (Å²) in [6.45, 7) is 1.66. The van der Waals surface area contributed by atoms with E-state index >= 15 is 0 Å². The molecule has 1 aliphatic heterocycles. The SMILES string of the molecule is Brc1ccccc1[C@H]1OC[C@@H](OCc2ccccc2)CO1. The second-order valence-electron chi connectivity index (χ2n) is 4.94. The van der Waals surface area contributed by atoms with Crippen LogP contribution in [0.4, 0.5) is 0 Å². The van der Waals surface area contributed by atoms with Gasteiger partial charge in [0.05, 0.1) is 19.8 Å². The van der Waals surface area contributed by atoms with Gasteiger partial charge in [-0.2, -0.15) is 0 Å². The van der Waals surface area contributed by atoms with Crippen molar-refractivity contribution in [2.45, 2.75) is 19.0 Å². The zero-order chi connectivity index (χ0) is 14.5. The van der Waals surface area contributed by atoms with Crippen LogP contribution in [0.3, 0.4) is 0 Å². The standard InChI is InChI=1S/C17H17BrO3/c18-16-9-5-4-8-15(16)17-20-11-14(12-21-17)19-10-13-6-2-1-3-7-13/h1-9,14,17H,10-12H2/t14-,17+. The average Bonchev–Trinajstić information content (AvgIpc) is 2.55. The van der Waals surface area contributed by atoms with E-state index in [-0.39, 0.29) is 12.4 Å². The van der Waals surface area contributed by atoms with Crippen LogP contribution in [0.2, 0.25) is 0 Å². The maximum atomic E-state index is 5.82. The smallest absolute Gasteiger partial charge is 0.185 e. The van der Waals surface area contributed by atoms with Gasteiger partial charge in [-0.1, -0.05) is 64.5 Å². The van der Waals surface area contributed by atoms with Crippen molar-refractivity contribution < 1.29 is 14.2 Å². The van der Waals surface area contributed by atoms with Gasteiger partial charge in [-0.25, -0.2) is 0 Å². The van der Waals surface area contributed by atoms with Gasteiger partial charge < -0.3 is 14.2 Å². The largest absolute Gasteiger partial charge is 0.369 e. The molecule has 0 unspecified atom stereocenters. The van der Waals surface area contributed by atoms with Gasteiger partial charge in [0, 0.05) is 10.0 Å². The van der Waals surface area contributed by atoms with Crippen LogP contribution in [-0.4, -0.2) is 19.3 Å². The molecule has 2 aromatic carbocycles. The van der Waals surface area contributed by atoms with Crippen LogP contribution in [0.1, 0.15) is 17.4 Å². The highest BCUT2D eigenvalue weighted by atomic mass is 79.9. The molecule has 21 heavy (non-hydrogen) atoms. The monoisotopic (exact) mass is 348 g/mol. The highest BCUT2D eigenvalue weighted by Gasteiger charge is 2.25. The maximum absolute atomic E-state index is 5.82. The van der Waals surface area contributed by atoms with E-state index in [4.69, 9.17) is 14.2 Å². The number of hydrogen-bond acceptors (Lipinski definition) is 3. The molecule has 0 aliphatic carbocycles. The fourth-order valence-corrected chi connectivity index (χ4v) is 2.69. The van der Waals surface area contributed by atoms with Gasteiger partial charge in [-0.3, -0.25) is 0 Å². The first-order valence-corrected chi connectivity index (χ1v) is 7.75. The summed E-state index contributed by atoms with van der Waals surface area (Å²) < 4.78 is 18.4. The number of ether oxygens (including phenoxy) is 3. The first kappa shape index (κ1) is 14.7. The first-order valence-electron chi connectivity index (χ1n) is 6.96. The lowest BCUT2D eigenvalue weighted by Crippen LogP contribution is -2.33. The minimum absolute atomic E-state index is 0.0241. The van der Waals surface area contributed by atoms with Gasteiger partial charge >= 0.3 is 0 Å². The molecule has 2 aromatic rings. The number of halogens is 1. The van der Waals surface area contributed by atoms with E-state index in [1.165, 1.54) is 0 Å². The molecule has 1 heterocycles. The summed E-state index contributed by atoms with van der Waals surface area (Å²) in [5, 5.41) is 0. The molecule has 3 rings (SSSR count). The van der Waals surface area contributed by atoms with Crippen LogP contribution in [0.5, 0.6) is 0 Å². The quantitative estimate of drug-likeness (QED) is 0.833. The number of hydrogen-bond donors (Lipinski definition) is 0. The van der Waals surface area contributed by atoms with E-state index < -0.39 is 0 Å². The van der Waals surface area contributed by atoms with Crippen molar-refractivity contribution >= 4 is 15.9 Å². The van der Waals surface area contributed by atoms with Crippen LogP contribution in [0.25, 0.3) is 0 Å². The summed E-state index contributed by atoms with van der Waals surface area (Å²) in [6, 6.07) is 18.1. The molecular formula is C17H17BrO3. The lowest BCUT2D eigenvalue weighted by molar-refractivity contribution is -0.232. The van der Waals surface area contributed by atoms with Gasteiger partial charge in [0.25, 0.3) is 0 Å². The van der Waals surface area contributed by atoms with E-state index in [1.807, 2.05) is 42.5 Å². The Morgan fingerprint density at radius 3 is 2.33 bits per heavy atom. The van der Waals surface area contributed by atoms with Crippen molar-refractivity contribution in [1.29, 1.82) is 0 Å². The molecule has 0 bridgehead atoms.